The molecule has 1 atom stereocenters. The second kappa shape index (κ2) is 6.89. The number of rotatable bonds is 3. The molecule has 0 saturated carbocycles. The SMILES string of the molecule is C#Cc1cccc(Nc2nc3c(c4cncnc24)C=CC(C(=O)OC)C3)c1. The van der Waals surface area contributed by atoms with Gasteiger partial charge >= 0.3 is 5.97 Å². The van der Waals surface area contributed by atoms with Crippen molar-refractivity contribution in [1.29, 1.82) is 0 Å². The molecule has 2 heterocycles. The predicted molar refractivity (Wildman–Crippen MR) is 103 cm³/mol. The van der Waals surface area contributed by atoms with E-state index in [1.165, 1.54) is 13.4 Å². The maximum Gasteiger partial charge on any atom is 0.312 e. The highest BCUT2D eigenvalue weighted by Crippen LogP contribution is 2.32. The fourth-order valence-electron chi connectivity index (χ4n) is 3.17. The Morgan fingerprint density at radius 2 is 2.30 bits per heavy atom. The van der Waals surface area contributed by atoms with Crippen LogP contribution in [-0.2, 0) is 16.0 Å². The molecule has 1 N–H and O–H groups in total. The fraction of sp³-hybridized carbons (Fsp3) is 0.143. The zero-order valence-corrected chi connectivity index (χ0v) is 14.6. The molecule has 3 aromatic rings. The van der Waals surface area contributed by atoms with E-state index in [0.29, 0.717) is 17.8 Å². The number of carbonyl (C=O) groups is 1. The Balaban J connectivity index is 1.81. The number of methoxy groups -OCH3 is 1. The molecule has 0 fully saturated rings. The monoisotopic (exact) mass is 356 g/mol. The van der Waals surface area contributed by atoms with Crippen LogP contribution in [0.2, 0.25) is 0 Å². The van der Waals surface area contributed by atoms with E-state index in [1.807, 2.05) is 36.4 Å². The number of aromatic nitrogens is 3. The van der Waals surface area contributed by atoms with Gasteiger partial charge in [0.05, 0.1) is 18.7 Å². The molecule has 0 saturated heterocycles. The average molecular weight is 356 g/mol. The minimum atomic E-state index is -0.352. The van der Waals surface area contributed by atoms with Crippen LogP contribution in [-0.4, -0.2) is 28.0 Å². The summed E-state index contributed by atoms with van der Waals surface area (Å²) in [6.45, 7) is 0. The first-order valence-electron chi connectivity index (χ1n) is 8.42. The Labute approximate surface area is 156 Å². The third-order valence-electron chi connectivity index (χ3n) is 4.49. The van der Waals surface area contributed by atoms with Crippen LogP contribution in [0.1, 0.15) is 16.8 Å². The number of nitrogens with zero attached hydrogens (tertiary/aromatic N) is 3. The van der Waals surface area contributed by atoms with Crippen LogP contribution >= 0.6 is 0 Å². The number of anilines is 2. The lowest BCUT2D eigenvalue weighted by molar-refractivity contribution is -0.143. The second-order valence-corrected chi connectivity index (χ2v) is 6.15. The number of hydrogen-bond donors (Lipinski definition) is 1. The minimum absolute atomic E-state index is 0.278. The first-order valence-corrected chi connectivity index (χ1v) is 8.42. The topological polar surface area (TPSA) is 77.0 Å². The van der Waals surface area contributed by atoms with E-state index in [2.05, 4.69) is 21.2 Å². The third kappa shape index (κ3) is 3.11. The molecule has 0 spiro atoms. The maximum atomic E-state index is 11.9. The van der Waals surface area contributed by atoms with Crippen molar-refractivity contribution in [2.75, 3.05) is 12.4 Å². The number of ether oxygens (including phenoxy) is 1. The molecular formula is C21H16N4O2. The highest BCUT2D eigenvalue weighted by molar-refractivity contribution is 5.97. The summed E-state index contributed by atoms with van der Waals surface area (Å²) in [5, 5.41) is 4.17. The first kappa shape index (κ1) is 16.7. The van der Waals surface area contributed by atoms with Crippen LogP contribution in [0.5, 0.6) is 0 Å². The number of terminal acetylenes is 1. The molecule has 6 heteroatoms. The van der Waals surface area contributed by atoms with Crippen molar-refractivity contribution in [2.24, 2.45) is 5.92 Å². The van der Waals surface area contributed by atoms with Crippen LogP contribution < -0.4 is 5.32 Å². The molecule has 4 rings (SSSR count). The molecule has 0 bridgehead atoms. The molecule has 1 aromatic carbocycles. The predicted octanol–water partition coefficient (Wildman–Crippen LogP) is 3.11. The van der Waals surface area contributed by atoms with Gasteiger partial charge in [0.25, 0.3) is 0 Å². The van der Waals surface area contributed by atoms with Gasteiger partial charge in [-0.3, -0.25) is 4.79 Å². The Kier molecular flexibility index (Phi) is 4.27. The third-order valence-corrected chi connectivity index (χ3v) is 4.49. The number of benzene rings is 1. The quantitative estimate of drug-likeness (QED) is 0.574. The fourth-order valence-corrected chi connectivity index (χ4v) is 3.17. The molecule has 1 unspecified atom stereocenters. The molecule has 132 valence electrons. The van der Waals surface area contributed by atoms with Gasteiger partial charge in [-0.2, -0.15) is 0 Å². The van der Waals surface area contributed by atoms with E-state index in [9.17, 15) is 4.79 Å². The lowest BCUT2D eigenvalue weighted by Crippen LogP contribution is -2.20. The molecule has 0 radical (unpaired) electrons. The molecule has 0 aliphatic heterocycles. The van der Waals surface area contributed by atoms with Gasteiger partial charge in [0.2, 0.25) is 0 Å². The zero-order chi connectivity index (χ0) is 18.8. The van der Waals surface area contributed by atoms with Gasteiger partial charge in [-0.05, 0) is 18.2 Å². The molecule has 2 aromatic heterocycles. The lowest BCUT2D eigenvalue weighted by Gasteiger charge is -2.20. The number of nitrogens with one attached hydrogen (secondary N) is 1. The van der Waals surface area contributed by atoms with Gasteiger partial charge in [0, 0.05) is 34.8 Å². The summed E-state index contributed by atoms with van der Waals surface area (Å²) in [7, 11) is 1.39. The second-order valence-electron chi connectivity index (χ2n) is 6.15. The van der Waals surface area contributed by atoms with Crippen molar-refractivity contribution in [2.45, 2.75) is 6.42 Å². The van der Waals surface area contributed by atoms with Crippen LogP contribution in [0, 0.1) is 18.3 Å². The van der Waals surface area contributed by atoms with Crippen LogP contribution in [0.3, 0.4) is 0 Å². The van der Waals surface area contributed by atoms with Crippen molar-refractivity contribution in [3.8, 4) is 12.3 Å². The normalized spacial score (nSPS) is 15.0. The molecule has 1 aliphatic carbocycles. The maximum absolute atomic E-state index is 11.9. The number of fused-ring (bicyclic) bond motifs is 3. The van der Waals surface area contributed by atoms with E-state index >= 15 is 0 Å². The van der Waals surface area contributed by atoms with Gasteiger partial charge in [0.1, 0.15) is 11.8 Å². The van der Waals surface area contributed by atoms with Gasteiger partial charge in [-0.25, -0.2) is 15.0 Å². The summed E-state index contributed by atoms with van der Waals surface area (Å²) in [6.07, 6.45) is 12.9. The highest BCUT2D eigenvalue weighted by atomic mass is 16.5. The zero-order valence-electron chi connectivity index (χ0n) is 14.6. The van der Waals surface area contributed by atoms with E-state index in [4.69, 9.17) is 16.1 Å². The van der Waals surface area contributed by atoms with Crippen LogP contribution in [0.4, 0.5) is 11.5 Å². The smallest absolute Gasteiger partial charge is 0.312 e. The summed E-state index contributed by atoms with van der Waals surface area (Å²) in [4.78, 5) is 25.2. The van der Waals surface area contributed by atoms with Crippen molar-refractivity contribution < 1.29 is 9.53 Å². The van der Waals surface area contributed by atoms with E-state index in [0.717, 1.165) is 27.9 Å². The van der Waals surface area contributed by atoms with Crippen molar-refractivity contribution in [1.82, 2.24) is 15.0 Å². The molecule has 6 nitrogen and oxygen atoms in total. The summed E-state index contributed by atoms with van der Waals surface area (Å²) in [5.41, 5.74) is 4.01. The van der Waals surface area contributed by atoms with Crippen molar-refractivity contribution in [3.05, 3.63) is 59.7 Å². The first-order chi connectivity index (χ1) is 13.2. The summed E-state index contributed by atoms with van der Waals surface area (Å²) in [5.74, 6) is 2.58. The van der Waals surface area contributed by atoms with E-state index < -0.39 is 0 Å². The number of pyridine rings is 1. The summed E-state index contributed by atoms with van der Waals surface area (Å²) >= 11 is 0. The van der Waals surface area contributed by atoms with E-state index in [1.54, 1.807) is 6.20 Å². The lowest BCUT2D eigenvalue weighted by atomic mass is 9.91. The standard InChI is InChI=1S/C21H16N4O2/c1-3-13-5-4-6-15(9-13)24-20-19-17(11-22-12-23-19)16-8-7-14(21(26)27-2)10-18(16)25-20/h1,4-9,11-12,14H,10H2,2H3,(H,24,25). The molecule has 27 heavy (non-hydrogen) atoms. The van der Waals surface area contributed by atoms with Gasteiger partial charge in [0.15, 0.2) is 5.82 Å². The Bertz CT molecular complexity index is 1110. The number of carbonyl (C=O) groups excluding carboxylic acids is 1. The number of esters is 1. The van der Waals surface area contributed by atoms with Crippen molar-refractivity contribution in [3.63, 3.8) is 0 Å². The van der Waals surface area contributed by atoms with Gasteiger partial charge in [-0.1, -0.05) is 24.1 Å². The van der Waals surface area contributed by atoms with Gasteiger partial charge < -0.3 is 10.1 Å². The highest BCUT2D eigenvalue weighted by Gasteiger charge is 2.25. The van der Waals surface area contributed by atoms with Crippen LogP contribution in [0.15, 0.2) is 42.9 Å². The molecular weight excluding hydrogens is 340 g/mol. The van der Waals surface area contributed by atoms with Crippen LogP contribution in [0.25, 0.3) is 17.0 Å². The summed E-state index contributed by atoms with van der Waals surface area (Å²) in [6, 6.07) is 7.51. The van der Waals surface area contributed by atoms with Gasteiger partial charge in [-0.15, -0.1) is 6.42 Å². The Morgan fingerprint density at radius 1 is 1.41 bits per heavy atom. The molecule has 0 amide bonds. The van der Waals surface area contributed by atoms with E-state index in [-0.39, 0.29) is 11.9 Å². The Hall–Kier alpha value is -3.72. The largest absolute Gasteiger partial charge is 0.469 e. The average Bonchev–Trinajstić information content (AvgIpc) is 2.73. The Morgan fingerprint density at radius 3 is 3.11 bits per heavy atom. The number of hydrogen-bond acceptors (Lipinski definition) is 6. The minimum Gasteiger partial charge on any atom is -0.469 e. The van der Waals surface area contributed by atoms with Crippen molar-refractivity contribution >= 4 is 34.5 Å². The molecule has 1 aliphatic rings. The summed E-state index contributed by atoms with van der Waals surface area (Å²) < 4.78 is 4.87.